The molecule has 0 spiro atoms. The van der Waals surface area contributed by atoms with Crippen LogP contribution < -0.4 is 10.1 Å². The Kier molecular flexibility index (Phi) is 5.45. The van der Waals surface area contributed by atoms with Crippen LogP contribution in [-0.4, -0.2) is 13.1 Å². The minimum absolute atomic E-state index is 0.211. The normalized spacial score (nSPS) is 12.2. The van der Waals surface area contributed by atoms with Crippen molar-refractivity contribution in [3.63, 3.8) is 0 Å². The van der Waals surface area contributed by atoms with Crippen molar-refractivity contribution in [2.75, 3.05) is 7.05 Å². The lowest BCUT2D eigenvalue weighted by atomic mass is 10.1. The van der Waals surface area contributed by atoms with Crippen LogP contribution in [0.2, 0.25) is 10.0 Å². The lowest BCUT2D eigenvalue weighted by molar-refractivity contribution is 0.468. The van der Waals surface area contributed by atoms with E-state index >= 15 is 0 Å². The van der Waals surface area contributed by atoms with Gasteiger partial charge in [0.05, 0.1) is 10.0 Å². The molecule has 1 unspecified atom stereocenters. The SMILES string of the molecule is CNC(C)Cc1cc(F)ccc1Oc1ccc(Cl)c(Cl)c1. The van der Waals surface area contributed by atoms with Crippen LogP contribution >= 0.6 is 23.2 Å². The molecule has 0 radical (unpaired) electrons. The van der Waals surface area contributed by atoms with Gasteiger partial charge in [-0.15, -0.1) is 0 Å². The molecule has 1 atom stereocenters. The molecule has 0 aliphatic carbocycles. The van der Waals surface area contributed by atoms with E-state index in [1.54, 1.807) is 24.3 Å². The van der Waals surface area contributed by atoms with E-state index in [9.17, 15) is 4.39 Å². The molecular formula is C16H16Cl2FNO. The summed E-state index contributed by atoms with van der Waals surface area (Å²) in [5, 5.41) is 4.01. The van der Waals surface area contributed by atoms with Crippen LogP contribution in [0.15, 0.2) is 36.4 Å². The summed E-state index contributed by atoms with van der Waals surface area (Å²) in [4.78, 5) is 0. The third-order valence-electron chi connectivity index (χ3n) is 3.16. The average molecular weight is 328 g/mol. The van der Waals surface area contributed by atoms with Gasteiger partial charge in [0.15, 0.2) is 0 Å². The van der Waals surface area contributed by atoms with Crippen LogP contribution in [-0.2, 0) is 6.42 Å². The van der Waals surface area contributed by atoms with Gasteiger partial charge < -0.3 is 10.1 Å². The van der Waals surface area contributed by atoms with E-state index in [1.165, 1.54) is 12.1 Å². The fourth-order valence-electron chi connectivity index (χ4n) is 1.91. The number of benzene rings is 2. The summed E-state index contributed by atoms with van der Waals surface area (Å²) in [7, 11) is 1.86. The second-order valence-corrected chi connectivity index (χ2v) is 5.64. The van der Waals surface area contributed by atoms with E-state index in [2.05, 4.69) is 5.32 Å². The monoisotopic (exact) mass is 327 g/mol. The molecule has 0 aliphatic heterocycles. The summed E-state index contributed by atoms with van der Waals surface area (Å²) in [5.74, 6) is 0.890. The third kappa shape index (κ3) is 4.34. The highest BCUT2D eigenvalue weighted by Crippen LogP contribution is 2.31. The van der Waals surface area contributed by atoms with Crippen molar-refractivity contribution in [1.82, 2.24) is 5.32 Å². The Morgan fingerprint density at radius 1 is 1.14 bits per heavy atom. The Morgan fingerprint density at radius 2 is 1.90 bits per heavy atom. The Morgan fingerprint density at radius 3 is 2.57 bits per heavy atom. The maximum atomic E-state index is 13.4. The van der Waals surface area contributed by atoms with Crippen molar-refractivity contribution < 1.29 is 9.13 Å². The van der Waals surface area contributed by atoms with Crippen LogP contribution in [0.1, 0.15) is 12.5 Å². The van der Waals surface area contributed by atoms with Crippen molar-refractivity contribution in [3.8, 4) is 11.5 Å². The molecule has 0 heterocycles. The molecule has 0 aliphatic rings. The van der Waals surface area contributed by atoms with Crippen LogP contribution in [0.5, 0.6) is 11.5 Å². The molecule has 0 saturated heterocycles. The molecule has 2 rings (SSSR count). The Labute approximate surface area is 133 Å². The van der Waals surface area contributed by atoms with E-state index in [1.807, 2.05) is 14.0 Å². The highest BCUT2D eigenvalue weighted by Gasteiger charge is 2.11. The molecular weight excluding hydrogens is 312 g/mol. The molecule has 5 heteroatoms. The van der Waals surface area contributed by atoms with E-state index < -0.39 is 0 Å². The number of hydrogen-bond donors (Lipinski definition) is 1. The first-order chi connectivity index (χ1) is 9.99. The first-order valence-electron chi connectivity index (χ1n) is 6.58. The Hall–Kier alpha value is -1.29. The molecule has 1 N–H and O–H groups in total. The van der Waals surface area contributed by atoms with E-state index in [4.69, 9.17) is 27.9 Å². The zero-order valence-corrected chi connectivity index (χ0v) is 13.3. The summed E-state index contributed by atoms with van der Waals surface area (Å²) in [5.41, 5.74) is 0.794. The number of halogens is 3. The van der Waals surface area contributed by atoms with Gasteiger partial charge in [-0.2, -0.15) is 0 Å². The first kappa shape index (κ1) is 16.1. The fraction of sp³-hybridized carbons (Fsp3) is 0.250. The van der Waals surface area contributed by atoms with E-state index in [0.717, 1.165) is 5.56 Å². The summed E-state index contributed by atoms with van der Waals surface area (Å²) in [6.45, 7) is 2.02. The number of ether oxygens (including phenoxy) is 1. The lowest BCUT2D eigenvalue weighted by Gasteiger charge is -2.15. The van der Waals surface area contributed by atoms with Gasteiger partial charge in [0.25, 0.3) is 0 Å². The lowest BCUT2D eigenvalue weighted by Crippen LogP contribution is -2.23. The summed E-state index contributed by atoms with van der Waals surface area (Å²) in [6.07, 6.45) is 0.658. The maximum absolute atomic E-state index is 13.4. The Bertz CT molecular complexity index is 634. The molecule has 0 bridgehead atoms. The smallest absolute Gasteiger partial charge is 0.130 e. The van der Waals surface area contributed by atoms with Gasteiger partial charge in [0.2, 0.25) is 0 Å². The van der Waals surface area contributed by atoms with Gasteiger partial charge in [-0.1, -0.05) is 23.2 Å². The number of nitrogens with one attached hydrogen (secondary N) is 1. The topological polar surface area (TPSA) is 21.3 Å². The second kappa shape index (κ2) is 7.12. The van der Waals surface area contributed by atoms with Crippen LogP contribution in [0.3, 0.4) is 0 Å². The average Bonchev–Trinajstić information content (AvgIpc) is 2.45. The van der Waals surface area contributed by atoms with Crippen molar-refractivity contribution in [2.45, 2.75) is 19.4 Å². The molecule has 0 saturated carbocycles. The minimum atomic E-state index is -0.283. The van der Waals surface area contributed by atoms with Crippen LogP contribution in [0.4, 0.5) is 4.39 Å². The highest BCUT2D eigenvalue weighted by atomic mass is 35.5. The zero-order valence-electron chi connectivity index (χ0n) is 11.8. The zero-order chi connectivity index (χ0) is 15.4. The van der Waals surface area contributed by atoms with Crippen LogP contribution in [0, 0.1) is 5.82 Å². The van der Waals surface area contributed by atoms with Gasteiger partial charge in [-0.05, 0) is 56.3 Å². The quantitative estimate of drug-likeness (QED) is 0.827. The molecule has 0 amide bonds. The fourth-order valence-corrected chi connectivity index (χ4v) is 2.19. The molecule has 112 valence electrons. The van der Waals surface area contributed by atoms with Crippen molar-refractivity contribution in [1.29, 1.82) is 0 Å². The van der Waals surface area contributed by atoms with Gasteiger partial charge in [-0.3, -0.25) is 0 Å². The molecule has 2 nitrogen and oxygen atoms in total. The summed E-state index contributed by atoms with van der Waals surface area (Å²) >= 11 is 11.8. The van der Waals surface area contributed by atoms with Crippen molar-refractivity contribution >= 4 is 23.2 Å². The van der Waals surface area contributed by atoms with Gasteiger partial charge in [-0.25, -0.2) is 4.39 Å². The summed E-state index contributed by atoms with van der Waals surface area (Å²) < 4.78 is 19.3. The van der Waals surface area contributed by atoms with Gasteiger partial charge in [0.1, 0.15) is 17.3 Å². The standard InChI is InChI=1S/C16H16Cl2FNO/c1-10(20-2)7-11-8-12(19)3-6-16(11)21-13-4-5-14(17)15(18)9-13/h3-6,8-10,20H,7H2,1-2H3. The van der Waals surface area contributed by atoms with E-state index in [0.29, 0.717) is 28.0 Å². The molecule has 21 heavy (non-hydrogen) atoms. The number of rotatable bonds is 5. The molecule has 0 aromatic heterocycles. The van der Waals surface area contributed by atoms with E-state index in [-0.39, 0.29) is 11.9 Å². The predicted octanol–water partition coefficient (Wildman–Crippen LogP) is 5.08. The number of hydrogen-bond acceptors (Lipinski definition) is 2. The van der Waals surface area contributed by atoms with Crippen molar-refractivity contribution in [2.24, 2.45) is 0 Å². The van der Waals surface area contributed by atoms with Crippen LogP contribution in [0.25, 0.3) is 0 Å². The molecule has 0 fully saturated rings. The molecule has 2 aromatic carbocycles. The number of likely N-dealkylation sites (N-methyl/N-ethyl adjacent to an activating group) is 1. The predicted molar refractivity (Wildman–Crippen MR) is 85.2 cm³/mol. The molecule has 2 aromatic rings. The Balaban J connectivity index is 2.28. The largest absolute Gasteiger partial charge is 0.457 e. The first-order valence-corrected chi connectivity index (χ1v) is 7.34. The maximum Gasteiger partial charge on any atom is 0.130 e. The summed E-state index contributed by atoms with van der Waals surface area (Å²) in [6, 6.07) is 9.72. The van der Waals surface area contributed by atoms with Gasteiger partial charge >= 0.3 is 0 Å². The highest BCUT2D eigenvalue weighted by molar-refractivity contribution is 6.42. The van der Waals surface area contributed by atoms with Gasteiger partial charge in [0, 0.05) is 12.1 Å². The van der Waals surface area contributed by atoms with Crippen molar-refractivity contribution in [3.05, 3.63) is 57.8 Å². The second-order valence-electron chi connectivity index (χ2n) is 4.82. The minimum Gasteiger partial charge on any atom is -0.457 e. The third-order valence-corrected chi connectivity index (χ3v) is 3.90.